The van der Waals surface area contributed by atoms with Gasteiger partial charge in [-0.1, -0.05) is 6.92 Å². The van der Waals surface area contributed by atoms with Crippen molar-refractivity contribution in [3.8, 4) is 6.07 Å². The van der Waals surface area contributed by atoms with Crippen LogP contribution in [0.15, 0.2) is 0 Å². The van der Waals surface area contributed by atoms with Gasteiger partial charge in [0.15, 0.2) is 0 Å². The minimum absolute atomic E-state index is 0.202. The topological polar surface area (TPSA) is 42.3 Å². The fourth-order valence-corrected chi connectivity index (χ4v) is 3.25. The molecule has 1 aliphatic carbocycles. The average Bonchev–Trinajstić information content (AvgIpc) is 3.23. The molecule has 0 aromatic carbocycles. The second kappa shape index (κ2) is 6.01. The molecule has 1 unspecified atom stereocenters. The second-order valence-corrected chi connectivity index (χ2v) is 7.23. The molecule has 1 heterocycles. The lowest BCUT2D eigenvalue weighted by atomic mass is 9.91. The lowest BCUT2D eigenvalue weighted by Gasteiger charge is -2.47. The first-order valence-corrected chi connectivity index (χ1v) is 8.03. The van der Waals surface area contributed by atoms with Gasteiger partial charge in [-0.05, 0) is 52.6 Å². The first kappa shape index (κ1) is 15.8. The van der Waals surface area contributed by atoms with Gasteiger partial charge in [-0.2, -0.15) is 5.26 Å². The molecule has 1 N–H and O–H groups in total. The normalized spacial score (nSPS) is 26.9. The molecule has 1 aliphatic heterocycles. The molecule has 0 aromatic rings. The molecule has 0 spiro atoms. The Labute approximate surface area is 124 Å². The largest absolute Gasteiger partial charge is 0.299 e. The van der Waals surface area contributed by atoms with Crippen LogP contribution in [0.25, 0.3) is 0 Å². The van der Waals surface area contributed by atoms with E-state index in [0.29, 0.717) is 5.92 Å². The van der Waals surface area contributed by atoms with Gasteiger partial charge in [0.05, 0.1) is 6.07 Å². The molecule has 0 radical (unpaired) electrons. The molecule has 4 nitrogen and oxygen atoms in total. The van der Waals surface area contributed by atoms with Crippen LogP contribution in [0.4, 0.5) is 0 Å². The van der Waals surface area contributed by atoms with E-state index in [-0.39, 0.29) is 11.1 Å². The minimum atomic E-state index is -0.317. The number of piperazine rings is 1. The van der Waals surface area contributed by atoms with Crippen molar-refractivity contribution in [1.29, 1.82) is 5.26 Å². The third kappa shape index (κ3) is 3.33. The summed E-state index contributed by atoms with van der Waals surface area (Å²) < 4.78 is 0. The van der Waals surface area contributed by atoms with Gasteiger partial charge >= 0.3 is 0 Å². The van der Waals surface area contributed by atoms with Gasteiger partial charge in [-0.15, -0.1) is 0 Å². The van der Waals surface area contributed by atoms with Crippen LogP contribution in [-0.4, -0.2) is 60.6 Å². The van der Waals surface area contributed by atoms with Crippen LogP contribution in [0.2, 0.25) is 0 Å². The maximum Gasteiger partial charge on any atom is 0.122 e. The summed E-state index contributed by atoms with van der Waals surface area (Å²) in [6.45, 7) is 11.8. The number of hydrogen-bond donors (Lipinski definition) is 1. The summed E-state index contributed by atoms with van der Waals surface area (Å²) in [4.78, 5) is 4.92. The number of nitrogens with zero attached hydrogens (tertiary/aromatic N) is 3. The van der Waals surface area contributed by atoms with Crippen molar-refractivity contribution in [1.82, 2.24) is 15.1 Å². The Hall–Kier alpha value is -0.630. The van der Waals surface area contributed by atoms with Crippen LogP contribution in [0.1, 0.15) is 40.0 Å². The minimum Gasteiger partial charge on any atom is -0.299 e. The van der Waals surface area contributed by atoms with Gasteiger partial charge in [0, 0.05) is 31.7 Å². The maximum absolute atomic E-state index is 9.78. The van der Waals surface area contributed by atoms with Crippen molar-refractivity contribution in [2.24, 2.45) is 5.92 Å². The van der Waals surface area contributed by atoms with Crippen LogP contribution in [0.5, 0.6) is 0 Å². The van der Waals surface area contributed by atoms with E-state index < -0.39 is 0 Å². The van der Waals surface area contributed by atoms with E-state index in [1.54, 1.807) is 0 Å². The van der Waals surface area contributed by atoms with Crippen molar-refractivity contribution < 1.29 is 0 Å². The van der Waals surface area contributed by atoms with Gasteiger partial charge in [0.2, 0.25) is 0 Å². The van der Waals surface area contributed by atoms with Crippen LogP contribution >= 0.6 is 0 Å². The SMILES string of the molecule is CCCNC(C#N)(CN1CCN(C)C(C)(C)C1)C1CC1. The van der Waals surface area contributed by atoms with Gasteiger partial charge in [-0.25, -0.2) is 0 Å². The van der Waals surface area contributed by atoms with E-state index in [1.165, 1.54) is 12.8 Å². The molecule has 2 aliphatic rings. The molecule has 1 atom stereocenters. The monoisotopic (exact) mass is 278 g/mol. The number of rotatable bonds is 6. The first-order chi connectivity index (χ1) is 9.43. The molecular weight excluding hydrogens is 248 g/mol. The summed E-state index contributed by atoms with van der Waals surface area (Å²) in [5.41, 5.74) is -0.115. The summed E-state index contributed by atoms with van der Waals surface area (Å²) >= 11 is 0. The Kier molecular flexibility index (Phi) is 4.73. The summed E-state index contributed by atoms with van der Waals surface area (Å²) in [5.74, 6) is 0.557. The molecule has 0 aromatic heterocycles. The molecular formula is C16H30N4. The maximum atomic E-state index is 9.78. The van der Waals surface area contributed by atoms with Crippen molar-refractivity contribution >= 4 is 0 Å². The average molecular weight is 278 g/mol. The zero-order valence-corrected chi connectivity index (χ0v) is 13.6. The molecule has 1 saturated carbocycles. The predicted molar refractivity (Wildman–Crippen MR) is 82.5 cm³/mol. The molecule has 2 rings (SSSR count). The predicted octanol–water partition coefficient (Wildman–Crippen LogP) is 1.68. The number of nitriles is 1. The molecule has 0 bridgehead atoms. The molecule has 20 heavy (non-hydrogen) atoms. The summed E-state index contributed by atoms with van der Waals surface area (Å²) in [6, 6.07) is 2.63. The van der Waals surface area contributed by atoms with Gasteiger partial charge in [0.25, 0.3) is 0 Å². The van der Waals surface area contributed by atoms with Gasteiger partial charge < -0.3 is 0 Å². The third-order valence-electron chi connectivity index (χ3n) is 5.03. The highest BCUT2D eigenvalue weighted by Crippen LogP contribution is 2.40. The zero-order chi connectivity index (χ0) is 14.8. The third-order valence-corrected chi connectivity index (χ3v) is 5.03. The fourth-order valence-electron chi connectivity index (χ4n) is 3.25. The van der Waals surface area contributed by atoms with E-state index >= 15 is 0 Å². The van der Waals surface area contributed by atoms with Crippen molar-refractivity contribution in [3.05, 3.63) is 0 Å². The Morgan fingerprint density at radius 1 is 1.35 bits per heavy atom. The van der Waals surface area contributed by atoms with E-state index in [9.17, 15) is 5.26 Å². The summed E-state index contributed by atoms with van der Waals surface area (Å²) in [7, 11) is 2.20. The Balaban J connectivity index is 2.03. The molecule has 2 fully saturated rings. The molecule has 0 amide bonds. The smallest absolute Gasteiger partial charge is 0.122 e. The van der Waals surface area contributed by atoms with E-state index in [1.807, 2.05) is 0 Å². The number of hydrogen-bond acceptors (Lipinski definition) is 4. The summed E-state index contributed by atoms with van der Waals surface area (Å²) in [6.07, 6.45) is 3.51. The Morgan fingerprint density at radius 3 is 2.55 bits per heavy atom. The quantitative estimate of drug-likeness (QED) is 0.803. The first-order valence-electron chi connectivity index (χ1n) is 8.03. The van der Waals surface area contributed by atoms with Crippen LogP contribution in [-0.2, 0) is 0 Å². The van der Waals surface area contributed by atoms with Crippen LogP contribution < -0.4 is 5.32 Å². The molecule has 1 saturated heterocycles. The Bertz CT molecular complexity index is 369. The van der Waals surface area contributed by atoms with Crippen molar-refractivity contribution in [2.75, 3.05) is 39.8 Å². The lowest BCUT2D eigenvalue weighted by Crippen LogP contribution is -2.62. The molecule has 4 heteroatoms. The highest BCUT2D eigenvalue weighted by Gasteiger charge is 2.47. The number of likely N-dealkylation sites (N-methyl/N-ethyl adjacent to an activating group) is 1. The highest BCUT2D eigenvalue weighted by molar-refractivity contribution is 5.17. The van der Waals surface area contributed by atoms with Crippen molar-refractivity contribution in [3.63, 3.8) is 0 Å². The van der Waals surface area contributed by atoms with E-state index in [2.05, 4.69) is 49.0 Å². The molecule has 114 valence electrons. The highest BCUT2D eigenvalue weighted by atomic mass is 15.3. The number of nitrogens with one attached hydrogen (secondary N) is 1. The van der Waals surface area contributed by atoms with Gasteiger partial charge in [-0.3, -0.25) is 15.1 Å². The second-order valence-electron chi connectivity index (χ2n) is 7.23. The van der Waals surface area contributed by atoms with Crippen LogP contribution in [0, 0.1) is 17.2 Å². The van der Waals surface area contributed by atoms with E-state index in [0.717, 1.165) is 39.1 Å². The zero-order valence-electron chi connectivity index (χ0n) is 13.6. The Morgan fingerprint density at radius 2 is 2.05 bits per heavy atom. The van der Waals surface area contributed by atoms with Crippen molar-refractivity contribution in [2.45, 2.75) is 51.1 Å². The summed E-state index contributed by atoms with van der Waals surface area (Å²) in [5, 5.41) is 13.3. The standard InChI is InChI=1S/C16H30N4/c1-5-8-18-16(11-17,14-6-7-14)13-20-10-9-19(4)15(2,3)12-20/h14,18H,5-10,12-13H2,1-4H3. The van der Waals surface area contributed by atoms with Gasteiger partial charge in [0.1, 0.15) is 5.54 Å². The van der Waals surface area contributed by atoms with Crippen LogP contribution in [0.3, 0.4) is 0 Å². The fraction of sp³-hybridized carbons (Fsp3) is 0.938. The van der Waals surface area contributed by atoms with E-state index in [4.69, 9.17) is 0 Å². The lowest BCUT2D eigenvalue weighted by molar-refractivity contribution is 0.0277.